The third kappa shape index (κ3) is 114. The molecule has 68 valence electrons. The van der Waals surface area contributed by atoms with Gasteiger partial charge in [-0.3, -0.25) is 19.2 Å². The van der Waals surface area contributed by atoms with Gasteiger partial charge in [0.1, 0.15) is 0 Å². The van der Waals surface area contributed by atoms with Crippen molar-refractivity contribution in [3.8, 4) is 0 Å². The quantitative estimate of drug-likeness (QED) is 0.281. The van der Waals surface area contributed by atoms with Crippen LogP contribution in [-0.2, 0) is 19.2 Å². The Balaban J connectivity index is -0.0000000213. The highest BCUT2D eigenvalue weighted by Gasteiger charge is 0.799. The average Bonchev–Trinajstić information content (AvgIpc) is 1.92. The van der Waals surface area contributed by atoms with E-state index in [1.807, 2.05) is 0 Å². The molecule has 0 aliphatic heterocycles. The SMILES string of the molecule is [N-]=C=O.[N-]=C=O.[N-]=C=O.[N-]=C=O.[Si]. The van der Waals surface area contributed by atoms with Gasteiger partial charge in [0.25, 0.3) is 0 Å². The van der Waals surface area contributed by atoms with E-state index in [1.54, 1.807) is 0 Å². The lowest BCUT2D eigenvalue weighted by Gasteiger charge is -1.32. The van der Waals surface area contributed by atoms with Gasteiger partial charge in [-0.15, -0.1) is 0 Å². The molecule has 0 spiro atoms. The van der Waals surface area contributed by atoms with Gasteiger partial charge in [-0.1, -0.05) is 0 Å². The van der Waals surface area contributed by atoms with Crippen LogP contribution < -0.4 is 0 Å². The van der Waals surface area contributed by atoms with E-state index in [9.17, 15) is 0 Å². The van der Waals surface area contributed by atoms with Crippen molar-refractivity contribution >= 4 is 35.3 Å². The van der Waals surface area contributed by atoms with Gasteiger partial charge in [-0.2, -0.15) is 0 Å². The van der Waals surface area contributed by atoms with Crippen molar-refractivity contribution in [2.24, 2.45) is 0 Å². The molecule has 0 aliphatic carbocycles. The highest BCUT2D eigenvalue weighted by molar-refractivity contribution is 5.75. The third-order valence-electron chi connectivity index (χ3n) is 0. The molecule has 0 aromatic heterocycles. The van der Waals surface area contributed by atoms with E-state index in [-0.39, 0.29) is 11.0 Å². The van der Waals surface area contributed by atoms with Crippen LogP contribution in [0.15, 0.2) is 0 Å². The minimum absolute atomic E-state index is 0. The number of nitrogens with zero attached hydrogens (tertiary/aromatic N) is 4. The summed E-state index contributed by atoms with van der Waals surface area (Å²) in [6.07, 6.45) is 2.00. The number of isocyanates is 4. The van der Waals surface area contributed by atoms with Gasteiger partial charge >= 0.3 is 0 Å². The normalized spacial score (nSPS) is 2.46. The van der Waals surface area contributed by atoms with Gasteiger partial charge in [-0.25, -0.2) is 0 Å². The highest BCUT2D eigenvalue weighted by atomic mass is 28.1. The van der Waals surface area contributed by atoms with Crippen LogP contribution in [0.5, 0.6) is 0 Å². The zero-order valence-corrected chi connectivity index (χ0v) is 6.92. The number of hydrogen-bond donors (Lipinski definition) is 0. The van der Waals surface area contributed by atoms with E-state index in [1.165, 1.54) is 0 Å². The summed E-state index contributed by atoms with van der Waals surface area (Å²) >= 11 is 0. The molecule has 0 aromatic carbocycles. The molecule has 0 aliphatic rings. The van der Waals surface area contributed by atoms with Crippen molar-refractivity contribution < 1.29 is 19.2 Å². The molecule has 4 radical (unpaired) electrons. The molecular formula is C4N4O4Si-4. The summed E-state index contributed by atoms with van der Waals surface area (Å²) in [7, 11) is 0. The first-order valence-corrected chi connectivity index (χ1v) is 1.71. The van der Waals surface area contributed by atoms with Gasteiger partial charge in [0.2, 0.25) is 0 Å². The predicted octanol–water partition coefficient (Wildman–Crippen LogP) is -0.814. The van der Waals surface area contributed by atoms with Gasteiger partial charge in [-0.05, 0) is 24.3 Å². The fraction of sp³-hybridized carbons (Fsp3) is 0. The van der Waals surface area contributed by atoms with Gasteiger partial charge in [0.05, 0.1) is 0 Å². The maximum Gasteiger partial charge on any atom is 0 e. The average molecular weight is 196 g/mol. The van der Waals surface area contributed by atoms with Crippen molar-refractivity contribution in [2.75, 3.05) is 0 Å². The monoisotopic (exact) mass is 196 g/mol. The Labute approximate surface area is 77.0 Å². The summed E-state index contributed by atoms with van der Waals surface area (Å²) in [5.41, 5.74) is 0. The molecule has 0 amide bonds. The minimum atomic E-state index is 0. The molecule has 0 saturated heterocycles. The van der Waals surface area contributed by atoms with Crippen LogP contribution in [0.4, 0.5) is 0 Å². The first-order chi connectivity index (χ1) is 5.66. The molecule has 0 aromatic rings. The van der Waals surface area contributed by atoms with Crippen LogP contribution >= 0.6 is 0 Å². The van der Waals surface area contributed by atoms with Crippen LogP contribution in [0.3, 0.4) is 0 Å². The molecule has 0 fully saturated rings. The Morgan fingerprint density at radius 3 is 0.538 bits per heavy atom. The molecule has 8 nitrogen and oxygen atoms in total. The minimum Gasteiger partial charge on any atom is -0.724 e. The van der Waals surface area contributed by atoms with Gasteiger partial charge in [0, 0.05) is 11.0 Å². The smallest absolute Gasteiger partial charge is 0 e. The highest BCUT2D eigenvalue weighted by Crippen LogP contribution is 0.958. The van der Waals surface area contributed by atoms with E-state index >= 15 is 0 Å². The summed E-state index contributed by atoms with van der Waals surface area (Å²) in [4.78, 5) is 32.9. The lowest BCUT2D eigenvalue weighted by atomic mass is 11.7. The fourth-order valence-electron chi connectivity index (χ4n) is 0. The van der Waals surface area contributed by atoms with Gasteiger partial charge in [0.15, 0.2) is 0 Å². The second-order valence-corrected chi connectivity index (χ2v) is 0.365. The van der Waals surface area contributed by atoms with Crippen LogP contribution in [0.1, 0.15) is 0 Å². The molecule has 0 saturated carbocycles. The molecule has 0 heterocycles. The van der Waals surface area contributed by atoms with Crippen LogP contribution in [0.25, 0.3) is 21.6 Å². The fourth-order valence-corrected chi connectivity index (χ4v) is 0. The maximum atomic E-state index is 8.24. The standard InChI is InChI=1S/4CNO.Si/c4*2-1-3;/q4*-1;. The molecular weight excluding hydrogens is 196 g/mol. The molecule has 0 atom stereocenters. The first kappa shape index (κ1) is 30.9. The Bertz CT molecular complexity index is 156. The summed E-state index contributed by atoms with van der Waals surface area (Å²) in [6, 6.07) is 0. The van der Waals surface area contributed by atoms with Crippen molar-refractivity contribution in [3.05, 3.63) is 21.6 Å². The van der Waals surface area contributed by atoms with Crippen LogP contribution in [0, 0.1) is 0 Å². The summed E-state index contributed by atoms with van der Waals surface area (Å²) in [5, 5.41) is 27.1. The molecule has 0 unspecified atom stereocenters. The number of rotatable bonds is 0. The van der Waals surface area contributed by atoms with Gasteiger partial charge < -0.3 is 21.6 Å². The number of carbonyl (C=O) groups excluding carboxylic acids is 4. The zero-order chi connectivity index (χ0) is 10.8. The number of hydrogen-bond acceptors (Lipinski definition) is 4. The molecule has 0 N–H and O–H groups in total. The van der Waals surface area contributed by atoms with E-state index < -0.39 is 0 Å². The molecule has 0 rings (SSSR count). The second kappa shape index (κ2) is 246. The van der Waals surface area contributed by atoms with Crippen molar-refractivity contribution in [2.45, 2.75) is 0 Å². The predicted molar refractivity (Wildman–Crippen MR) is 42.0 cm³/mol. The van der Waals surface area contributed by atoms with E-state index in [0.717, 1.165) is 0 Å². The topological polar surface area (TPSA) is 157 Å². The summed E-state index contributed by atoms with van der Waals surface area (Å²) < 4.78 is 0. The lowest BCUT2D eigenvalue weighted by Crippen LogP contribution is -1.13. The van der Waals surface area contributed by atoms with Crippen LogP contribution in [0.2, 0.25) is 0 Å². The Morgan fingerprint density at radius 1 is 0.538 bits per heavy atom. The largest absolute Gasteiger partial charge is 0.724 e. The van der Waals surface area contributed by atoms with Crippen LogP contribution in [-0.4, -0.2) is 35.3 Å². The first-order valence-electron chi connectivity index (χ1n) is 1.71. The van der Waals surface area contributed by atoms with E-state index in [0.29, 0.717) is 24.3 Å². The summed E-state index contributed by atoms with van der Waals surface area (Å²) in [5.74, 6) is 0. The maximum absolute atomic E-state index is 8.24. The molecule has 0 bridgehead atoms. The van der Waals surface area contributed by atoms with Crippen molar-refractivity contribution in [1.29, 1.82) is 0 Å². The lowest BCUT2D eigenvalue weighted by molar-refractivity contribution is 0.568. The third-order valence-corrected chi connectivity index (χ3v) is 0. The second-order valence-electron chi connectivity index (χ2n) is 0.365. The van der Waals surface area contributed by atoms with E-state index in [4.69, 9.17) is 40.8 Å². The Kier molecular flexibility index (Phi) is 586. The van der Waals surface area contributed by atoms with Crippen molar-refractivity contribution in [1.82, 2.24) is 0 Å². The molecule has 9 heteroatoms. The van der Waals surface area contributed by atoms with Crippen molar-refractivity contribution in [3.63, 3.8) is 0 Å². The Morgan fingerprint density at radius 2 is 0.538 bits per heavy atom. The Hall–Kier alpha value is -2.26. The molecule has 13 heavy (non-hydrogen) atoms. The zero-order valence-electron chi connectivity index (χ0n) is 5.92. The summed E-state index contributed by atoms with van der Waals surface area (Å²) in [6.45, 7) is 0. The van der Waals surface area contributed by atoms with E-state index in [2.05, 4.69) is 0 Å².